The highest BCUT2D eigenvalue weighted by Crippen LogP contribution is 2.46. The Morgan fingerprint density at radius 1 is 0.953 bits per heavy atom. The molecule has 1 saturated carbocycles. The van der Waals surface area contributed by atoms with Crippen molar-refractivity contribution >= 4 is 58.4 Å². The lowest BCUT2D eigenvalue weighted by molar-refractivity contribution is 0.0696. The molecule has 0 bridgehead atoms. The topological polar surface area (TPSA) is 101 Å². The highest BCUT2D eigenvalue weighted by molar-refractivity contribution is 7.70. The minimum Gasteiger partial charge on any atom is -0.478 e. The van der Waals surface area contributed by atoms with Gasteiger partial charge in [0.15, 0.2) is 0 Å². The molecule has 1 amide bonds. The summed E-state index contributed by atoms with van der Waals surface area (Å²) in [6, 6.07) is 23.3. The number of carbonyl (C=O) groups excluding carboxylic acids is 1. The zero-order valence-corrected chi connectivity index (χ0v) is 25.9. The number of nitrogens with one attached hydrogen (secondary N) is 1. The van der Waals surface area contributed by atoms with Crippen LogP contribution in [-0.2, 0) is 16.6 Å². The molecular formula is C33H28Cl2N3O4P. The Morgan fingerprint density at radius 2 is 1.65 bits per heavy atom. The number of halogens is 2. The van der Waals surface area contributed by atoms with Gasteiger partial charge in [0.25, 0.3) is 5.91 Å². The van der Waals surface area contributed by atoms with Gasteiger partial charge in [-0.05, 0) is 97.0 Å². The monoisotopic (exact) mass is 631 g/mol. The van der Waals surface area contributed by atoms with E-state index in [2.05, 4.69) is 10.4 Å². The van der Waals surface area contributed by atoms with Gasteiger partial charge in [-0.1, -0.05) is 53.5 Å². The molecule has 0 atom stereocenters. The van der Waals surface area contributed by atoms with E-state index >= 15 is 0 Å². The first-order valence-electron chi connectivity index (χ1n) is 13.7. The van der Waals surface area contributed by atoms with Crippen molar-refractivity contribution < 1.29 is 19.3 Å². The smallest absolute Gasteiger partial charge is 0.335 e. The number of nitrogens with zero attached hydrogens (tertiary/aromatic N) is 2. The third-order valence-corrected chi connectivity index (χ3v) is 9.78. The Hall–Kier alpha value is -3.90. The number of hydrogen-bond acceptors (Lipinski definition) is 4. The van der Waals surface area contributed by atoms with E-state index in [1.807, 2.05) is 48.5 Å². The maximum atomic E-state index is 14.2. The highest BCUT2D eigenvalue weighted by Gasteiger charge is 2.46. The molecule has 0 aliphatic heterocycles. The summed E-state index contributed by atoms with van der Waals surface area (Å²) in [4.78, 5) is 25.5. The Balaban J connectivity index is 1.44. The lowest BCUT2D eigenvalue weighted by Gasteiger charge is -2.20. The van der Waals surface area contributed by atoms with Crippen LogP contribution in [-0.4, -0.2) is 40.1 Å². The summed E-state index contributed by atoms with van der Waals surface area (Å²) in [7, 11) is -2.51. The van der Waals surface area contributed by atoms with Gasteiger partial charge in [-0.3, -0.25) is 9.48 Å². The molecule has 2 N–H and O–H groups in total. The second kappa shape index (κ2) is 11.0. The molecular weight excluding hydrogens is 604 g/mol. The highest BCUT2D eigenvalue weighted by atomic mass is 35.5. The minimum atomic E-state index is -2.51. The fourth-order valence-corrected chi connectivity index (χ4v) is 6.88. The first kappa shape index (κ1) is 29.2. The molecule has 10 heteroatoms. The van der Waals surface area contributed by atoms with Crippen molar-refractivity contribution in [2.24, 2.45) is 0 Å². The number of hydrogen-bond donors (Lipinski definition) is 2. The Labute approximate surface area is 258 Å². The van der Waals surface area contributed by atoms with Crippen LogP contribution in [0.5, 0.6) is 0 Å². The number of carboxylic acid groups (broad SMARTS) is 1. The maximum absolute atomic E-state index is 14.2. The molecule has 7 nitrogen and oxygen atoms in total. The average molecular weight is 632 g/mol. The van der Waals surface area contributed by atoms with Crippen molar-refractivity contribution in [3.8, 4) is 11.1 Å². The van der Waals surface area contributed by atoms with Crippen molar-refractivity contribution in [1.82, 2.24) is 15.1 Å². The quantitative estimate of drug-likeness (QED) is 0.174. The normalized spacial score (nSPS) is 14.0. The molecule has 0 radical (unpaired) electrons. The van der Waals surface area contributed by atoms with E-state index in [0.717, 1.165) is 45.8 Å². The third kappa shape index (κ3) is 5.98. The van der Waals surface area contributed by atoms with Gasteiger partial charge >= 0.3 is 5.97 Å². The summed E-state index contributed by atoms with van der Waals surface area (Å²) in [5, 5.41) is 19.7. The molecule has 1 fully saturated rings. The molecule has 1 aromatic heterocycles. The summed E-state index contributed by atoms with van der Waals surface area (Å²) < 4.78 is 14.6. The van der Waals surface area contributed by atoms with Crippen LogP contribution in [0, 0.1) is 0 Å². The molecule has 1 heterocycles. The molecule has 218 valence electrons. The standard InChI is InChI=1S/C33H28Cl2N3O4P/c1-43(2,42)28-5-3-4-22(15-28)23-14-24-18-36-38(19-20-12-26(34)17-27(35)13-20)30(24)29(16-23)31(39)37-33(10-11-33)25-8-6-21(7-9-25)32(40)41/h3-9,12-18H,10-11,19H2,1-2H3,(H,37,39)(H,40,41). The van der Waals surface area contributed by atoms with Crippen LogP contribution in [0.3, 0.4) is 0 Å². The second-order valence-corrected chi connectivity index (χ2v) is 15.5. The Morgan fingerprint density at radius 3 is 2.28 bits per heavy atom. The lowest BCUT2D eigenvalue weighted by Crippen LogP contribution is -2.35. The number of benzene rings is 4. The predicted molar refractivity (Wildman–Crippen MR) is 172 cm³/mol. The van der Waals surface area contributed by atoms with Gasteiger partial charge in [0.2, 0.25) is 0 Å². The number of fused-ring (bicyclic) bond motifs is 1. The van der Waals surface area contributed by atoms with E-state index in [4.69, 9.17) is 23.2 Å². The number of carboxylic acids is 1. The number of rotatable bonds is 8. The maximum Gasteiger partial charge on any atom is 0.335 e. The summed E-state index contributed by atoms with van der Waals surface area (Å²) in [5.74, 6) is -1.27. The van der Waals surface area contributed by atoms with Crippen molar-refractivity contribution in [2.75, 3.05) is 13.3 Å². The van der Waals surface area contributed by atoms with E-state index in [1.54, 1.807) is 54.5 Å². The zero-order chi connectivity index (χ0) is 30.5. The predicted octanol–water partition coefficient (Wildman–Crippen LogP) is 7.42. The van der Waals surface area contributed by atoms with E-state index in [9.17, 15) is 19.3 Å². The summed E-state index contributed by atoms with van der Waals surface area (Å²) in [6.45, 7) is 3.81. The van der Waals surface area contributed by atoms with Crippen LogP contribution in [0.4, 0.5) is 0 Å². The SMILES string of the molecule is CP(C)(=O)c1cccc(-c2cc(C(=O)NC3(c4ccc(C(=O)O)cc4)CC3)c3c(cnn3Cc3cc(Cl)cc(Cl)c3)c2)c1. The molecule has 5 aromatic rings. The average Bonchev–Trinajstić information content (AvgIpc) is 3.63. The molecule has 0 spiro atoms. The molecule has 6 rings (SSSR count). The third-order valence-electron chi connectivity index (χ3n) is 7.82. The fraction of sp³-hybridized carbons (Fsp3) is 0.182. The molecule has 0 unspecified atom stereocenters. The first-order valence-corrected chi connectivity index (χ1v) is 17.0. The van der Waals surface area contributed by atoms with Crippen molar-refractivity contribution in [2.45, 2.75) is 24.9 Å². The second-order valence-electron chi connectivity index (χ2n) is 11.4. The fourth-order valence-electron chi connectivity index (χ4n) is 5.42. The van der Waals surface area contributed by atoms with Gasteiger partial charge in [0, 0.05) is 20.7 Å². The van der Waals surface area contributed by atoms with Crippen molar-refractivity contribution in [3.05, 3.63) is 117 Å². The molecule has 1 aliphatic rings. The Kier molecular flexibility index (Phi) is 7.45. The molecule has 1 aliphatic carbocycles. The lowest BCUT2D eigenvalue weighted by atomic mass is 9.98. The summed E-state index contributed by atoms with van der Waals surface area (Å²) in [6.07, 6.45) is 3.20. The van der Waals surface area contributed by atoms with Gasteiger partial charge in [0.05, 0.1) is 34.9 Å². The van der Waals surface area contributed by atoms with Crippen LogP contribution in [0.25, 0.3) is 22.0 Å². The van der Waals surface area contributed by atoms with E-state index in [-0.39, 0.29) is 11.5 Å². The van der Waals surface area contributed by atoms with Crippen LogP contribution < -0.4 is 10.6 Å². The van der Waals surface area contributed by atoms with Gasteiger partial charge in [-0.25, -0.2) is 4.79 Å². The number of aromatic nitrogens is 2. The number of carbonyl (C=O) groups is 2. The van der Waals surface area contributed by atoms with Crippen LogP contribution in [0.1, 0.15) is 44.7 Å². The van der Waals surface area contributed by atoms with Gasteiger partial charge < -0.3 is 15.0 Å². The molecule has 4 aromatic carbocycles. The molecule has 0 saturated heterocycles. The first-order chi connectivity index (χ1) is 20.4. The largest absolute Gasteiger partial charge is 0.478 e. The minimum absolute atomic E-state index is 0.191. The van der Waals surface area contributed by atoms with Crippen LogP contribution >= 0.6 is 30.3 Å². The number of aromatic carboxylic acids is 1. The summed E-state index contributed by atoms with van der Waals surface area (Å²) in [5.41, 5.74) is 4.04. The van der Waals surface area contributed by atoms with Gasteiger partial charge in [-0.15, -0.1) is 0 Å². The zero-order valence-electron chi connectivity index (χ0n) is 23.5. The van der Waals surface area contributed by atoms with Gasteiger partial charge in [0.1, 0.15) is 7.14 Å². The van der Waals surface area contributed by atoms with E-state index < -0.39 is 18.7 Å². The van der Waals surface area contributed by atoms with E-state index in [1.165, 1.54) is 0 Å². The molecule has 43 heavy (non-hydrogen) atoms. The van der Waals surface area contributed by atoms with Gasteiger partial charge in [-0.2, -0.15) is 5.10 Å². The van der Waals surface area contributed by atoms with E-state index in [0.29, 0.717) is 27.7 Å². The van der Waals surface area contributed by atoms with Crippen LogP contribution in [0.2, 0.25) is 10.0 Å². The Bertz CT molecular complexity index is 1940. The van der Waals surface area contributed by atoms with Crippen molar-refractivity contribution in [3.63, 3.8) is 0 Å². The van der Waals surface area contributed by atoms with Crippen LogP contribution in [0.15, 0.2) is 85.1 Å². The summed E-state index contributed by atoms with van der Waals surface area (Å²) >= 11 is 12.5. The number of amides is 1. The van der Waals surface area contributed by atoms with Crippen molar-refractivity contribution in [1.29, 1.82) is 0 Å².